The zero-order valence-corrected chi connectivity index (χ0v) is 18.8. The smallest absolute Gasteiger partial charge is 0.264 e. The Kier molecular flexibility index (Phi) is 5.85. The Morgan fingerprint density at radius 2 is 1.68 bits per heavy atom. The van der Waals surface area contributed by atoms with Gasteiger partial charge in [0.25, 0.3) is 16.4 Å². The van der Waals surface area contributed by atoms with Gasteiger partial charge >= 0.3 is 0 Å². The van der Waals surface area contributed by atoms with Crippen LogP contribution in [0.3, 0.4) is 0 Å². The third kappa shape index (κ3) is 3.98. The van der Waals surface area contributed by atoms with Crippen molar-refractivity contribution in [3.8, 4) is 0 Å². The summed E-state index contributed by atoms with van der Waals surface area (Å²) in [6.07, 6.45) is 1.10. The van der Waals surface area contributed by atoms with E-state index in [1.165, 1.54) is 28.6 Å². The first kappa shape index (κ1) is 22.2. The molecule has 1 aliphatic carbocycles. The monoisotopic (exact) mass is 449 g/mol. The van der Waals surface area contributed by atoms with Crippen molar-refractivity contribution >= 4 is 15.7 Å². The van der Waals surface area contributed by atoms with Crippen LogP contribution in [-0.2, 0) is 20.2 Å². The summed E-state index contributed by atoms with van der Waals surface area (Å²) in [5, 5.41) is 0. The van der Waals surface area contributed by atoms with Crippen LogP contribution in [0, 0.1) is 5.41 Å². The van der Waals surface area contributed by atoms with Crippen molar-refractivity contribution in [3.63, 3.8) is 0 Å². The summed E-state index contributed by atoms with van der Waals surface area (Å²) in [7, 11) is -3.85. The van der Waals surface area contributed by atoms with Crippen molar-refractivity contribution < 1.29 is 21.9 Å². The summed E-state index contributed by atoms with van der Waals surface area (Å²) in [5.74, 6) is 0. The van der Waals surface area contributed by atoms with Gasteiger partial charge in [-0.3, -0.25) is 4.31 Å². The van der Waals surface area contributed by atoms with Crippen LogP contribution in [0.15, 0.2) is 53.4 Å². The molecule has 1 aliphatic heterocycles. The largest absolute Gasteiger partial charge is 0.381 e. The highest BCUT2D eigenvalue weighted by Gasteiger charge is 2.50. The molecule has 0 unspecified atom stereocenters. The zero-order chi connectivity index (χ0) is 22.3. The highest BCUT2D eigenvalue weighted by Crippen LogP contribution is 2.54. The van der Waals surface area contributed by atoms with Gasteiger partial charge in [0, 0.05) is 24.1 Å². The molecule has 0 amide bonds. The molecule has 2 aliphatic rings. The molecule has 0 radical (unpaired) electrons. The Hall–Kier alpha value is -1.99. The minimum atomic E-state index is -3.85. The topological polar surface area (TPSA) is 46.6 Å². The fraction of sp³-hybridized carbons (Fsp3) is 0.500. The Morgan fingerprint density at radius 3 is 2.29 bits per heavy atom. The van der Waals surface area contributed by atoms with Crippen molar-refractivity contribution in [1.82, 2.24) is 0 Å². The van der Waals surface area contributed by atoms with Gasteiger partial charge < -0.3 is 4.74 Å². The summed E-state index contributed by atoms with van der Waals surface area (Å²) in [4.78, 5) is 0.0424. The highest BCUT2D eigenvalue weighted by molar-refractivity contribution is 7.92. The first-order valence-electron chi connectivity index (χ1n) is 10.8. The highest BCUT2D eigenvalue weighted by atomic mass is 32.2. The minimum Gasteiger partial charge on any atom is -0.381 e. The molecular formula is C24H29F2NO3S. The third-order valence-corrected chi connectivity index (χ3v) is 8.75. The Labute approximate surface area is 183 Å². The molecule has 1 fully saturated rings. The number of benzene rings is 2. The van der Waals surface area contributed by atoms with Crippen LogP contribution < -0.4 is 4.31 Å². The number of halogens is 2. The Morgan fingerprint density at radius 1 is 1.03 bits per heavy atom. The van der Waals surface area contributed by atoms with E-state index < -0.39 is 16.4 Å². The predicted molar refractivity (Wildman–Crippen MR) is 117 cm³/mol. The second-order valence-corrected chi connectivity index (χ2v) is 11.0. The van der Waals surface area contributed by atoms with E-state index in [0.717, 1.165) is 37.9 Å². The van der Waals surface area contributed by atoms with Gasteiger partial charge in [-0.05, 0) is 61.8 Å². The van der Waals surface area contributed by atoms with Crippen LogP contribution in [0.25, 0.3) is 0 Å². The lowest BCUT2D eigenvalue weighted by molar-refractivity contribution is 0.0234. The van der Waals surface area contributed by atoms with E-state index >= 15 is 0 Å². The van der Waals surface area contributed by atoms with Crippen LogP contribution in [0.4, 0.5) is 14.5 Å². The number of hydrogen-bond acceptors (Lipinski definition) is 3. The Balaban J connectivity index is 1.64. The number of anilines is 1. The van der Waals surface area contributed by atoms with Crippen LogP contribution in [0.2, 0.25) is 0 Å². The SMILES string of the molecule is CCOCC1(C)CCC2(CC1)CN(S(=O)(=O)c1ccc(C(F)F)cc1)c1ccccc12. The molecule has 0 aromatic heterocycles. The summed E-state index contributed by atoms with van der Waals surface area (Å²) < 4.78 is 60.0. The van der Waals surface area contributed by atoms with Gasteiger partial charge in [0.2, 0.25) is 0 Å². The number of alkyl halides is 2. The van der Waals surface area contributed by atoms with E-state index in [2.05, 4.69) is 6.92 Å². The van der Waals surface area contributed by atoms with Gasteiger partial charge in [-0.2, -0.15) is 0 Å². The fourth-order valence-electron chi connectivity index (χ4n) is 4.96. The van der Waals surface area contributed by atoms with Gasteiger partial charge in [-0.15, -0.1) is 0 Å². The van der Waals surface area contributed by atoms with E-state index in [-0.39, 0.29) is 21.3 Å². The fourth-order valence-corrected chi connectivity index (χ4v) is 6.53. The number of hydrogen-bond donors (Lipinski definition) is 0. The lowest BCUT2D eigenvalue weighted by Crippen LogP contribution is -2.42. The minimum absolute atomic E-state index is 0.0424. The van der Waals surface area contributed by atoms with E-state index in [1.54, 1.807) is 0 Å². The van der Waals surface area contributed by atoms with Gasteiger partial charge in [0.15, 0.2) is 0 Å². The first-order chi connectivity index (χ1) is 14.7. The van der Waals surface area contributed by atoms with Crippen molar-refractivity contribution in [1.29, 1.82) is 0 Å². The van der Waals surface area contributed by atoms with Crippen molar-refractivity contribution in [2.24, 2.45) is 5.41 Å². The van der Waals surface area contributed by atoms with Crippen molar-refractivity contribution in [3.05, 3.63) is 59.7 Å². The molecule has 1 saturated carbocycles. The molecule has 2 aromatic rings. The van der Waals surface area contributed by atoms with Crippen molar-refractivity contribution in [2.45, 2.75) is 56.3 Å². The van der Waals surface area contributed by atoms with E-state index in [9.17, 15) is 17.2 Å². The molecule has 1 spiro atoms. The van der Waals surface area contributed by atoms with E-state index in [1.807, 2.05) is 31.2 Å². The lowest BCUT2D eigenvalue weighted by atomic mass is 9.63. The van der Waals surface area contributed by atoms with Gasteiger partial charge in [0.05, 0.1) is 17.2 Å². The van der Waals surface area contributed by atoms with Gasteiger partial charge in [-0.25, -0.2) is 17.2 Å². The maximum Gasteiger partial charge on any atom is 0.264 e. The second-order valence-electron chi connectivity index (χ2n) is 9.13. The molecule has 0 bridgehead atoms. The number of rotatable bonds is 6. The molecule has 31 heavy (non-hydrogen) atoms. The van der Waals surface area contributed by atoms with Gasteiger partial charge in [0.1, 0.15) is 0 Å². The summed E-state index contributed by atoms with van der Waals surface area (Å²) in [6.45, 7) is 6.04. The Bertz CT molecular complexity index is 1030. The van der Waals surface area contributed by atoms with Gasteiger partial charge in [-0.1, -0.05) is 37.3 Å². The van der Waals surface area contributed by atoms with Crippen molar-refractivity contribution in [2.75, 3.05) is 24.1 Å². The van der Waals surface area contributed by atoms with E-state index in [4.69, 9.17) is 4.74 Å². The average molecular weight is 450 g/mol. The molecule has 1 heterocycles. The molecule has 7 heteroatoms. The summed E-state index contributed by atoms with van der Waals surface area (Å²) in [5.41, 5.74) is 1.47. The maximum absolute atomic E-state index is 13.5. The average Bonchev–Trinajstić information content (AvgIpc) is 3.10. The standard InChI is InChI=1S/C24H29F2NO3S/c1-3-30-17-23(2)12-14-24(15-13-23)16-27(21-7-5-4-6-20(21)24)31(28,29)19-10-8-18(9-11-19)22(25)26/h4-11,22H,3,12-17H2,1-2H3. The second kappa shape index (κ2) is 8.17. The quantitative estimate of drug-likeness (QED) is 0.569. The molecule has 0 saturated heterocycles. The molecular weight excluding hydrogens is 420 g/mol. The first-order valence-corrected chi connectivity index (χ1v) is 12.2. The number of para-hydroxylation sites is 1. The molecule has 168 valence electrons. The number of ether oxygens (including phenoxy) is 1. The molecule has 0 atom stereocenters. The maximum atomic E-state index is 13.5. The van der Waals surface area contributed by atoms with Crippen LogP contribution in [0.5, 0.6) is 0 Å². The van der Waals surface area contributed by atoms with Crippen LogP contribution in [-0.4, -0.2) is 28.2 Å². The number of nitrogens with zero attached hydrogens (tertiary/aromatic N) is 1. The molecule has 4 nitrogen and oxygen atoms in total. The molecule has 4 rings (SSSR count). The zero-order valence-electron chi connectivity index (χ0n) is 18.0. The number of fused-ring (bicyclic) bond motifs is 2. The van der Waals surface area contributed by atoms with E-state index in [0.29, 0.717) is 18.8 Å². The third-order valence-electron chi connectivity index (χ3n) is 6.98. The molecule has 2 aromatic carbocycles. The summed E-state index contributed by atoms with van der Waals surface area (Å²) in [6, 6.07) is 12.6. The predicted octanol–water partition coefficient (Wildman–Crippen LogP) is 5.69. The molecule has 0 N–H and O–H groups in total. The van der Waals surface area contributed by atoms with Crippen LogP contribution in [0.1, 0.15) is 57.1 Å². The summed E-state index contributed by atoms with van der Waals surface area (Å²) >= 11 is 0. The lowest BCUT2D eigenvalue weighted by Gasteiger charge is -2.43. The van der Waals surface area contributed by atoms with Crippen LogP contribution >= 0.6 is 0 Å². The number of sulfonamides is 1. The normalized spacial score (nSPS) is 25.9.